The van der Waals surface area contributed by atoms with Crippen molar-refractivity contribution in [3.05, 3.63) is 118 Å². The van der Waals surface area contributed by atoms with Crippen LogP contribution in [0.4, 0.5) is 22.7 Å². The molecule has 2 unspecified atom stereocenters. The van der Waals surface area contributed by atoms with Crippen molar-refractivity contribution in [2.75, 3.05) is 120 Å². The molecule has 384 valence electrons. The Labute approximate surface area is 445 Å². The van der Waals surface area contributed by atoms with Gasteiger partial charge in [0.1, 0.15) is 0 Å². The average molecular weight is 1060 g/mol. The highest BCUT2D eigenvalue weighted by Gasteiger charge is 2.26. The van der Waals surface area contributed by atoms with Crippen LogP contribution in [0.3, 0.4) is 0 Å². The number of pyridine rings is 2. The number of morpholine rings is 2. The molecule has 3 saturated heterocycles. The molecule has 0 saturated carbocycles. The van der Waals surface area contributed by atoms with Crippen molar-refractivity contribution in [2.24, 2.45) is 0 Å². The Balaban J connectivity index is 0.000000169. The molecular formula is C56H65N7O6S4. The number of methoxy groups -OCH3 is 2. The van der Waals surface area contributed by atoms with Crippen molar-refractivity contribution in [3.63, 3.8) is 0 Å². The molecule has 0 spiro atoms. The zero-order valence-corrected chi connectivity index (χ0v) is 45.1. The van der Waals surface area contributed by atoms with Crippen LogP contribution in [0.1, 0.15) is 32.6 Å². The molecule has 4 aromatic carbocycles. The van der Waals surface area contributed by atoms with Gasteiger partial charge in [-0.1, -0.05) is 84.7 Å². The SMILES string of the molecule is CCC(COC)Nc1ccc2c(c1)Sc1cccc(-c3cc(N4CCOCC4)cc(=O)[nH]3)c1S2.COCC(CN1CCCCC1)Nc1ccc2c(c1)Sc1cccc(-c3cc(N4CCOCC4)cc(=O)[nH]3)c1S2. The molecule has 0 bridgehead atoms. The summed E-state index contributed by atoms with van der Waals surface area (Å²) in [6, 6.07) is 34.0. The molecule has 0 aliphatic carbocycles. The lowest BCUT2D eigenvalue weighted by atomic mass is 10.1. The van der Waals surface area contributed by atoms with Crippen LogP contribution in [-0.4, -0.2) is 127 Å². The first-order valence-corrected chi connectivity index (χ1v) is 28.7. The van der Waals surface area contributed by atoms with Gasteiger partial charge in [0.05, 0.1) is 57.1 Å². The predicted octanol–water partition coefficient (Wildman–Crippen LogP) is 10.7. The Kier molecular flexibility index (Phi) is 17.5. The number of piperidine rings is 1. The monoisotopic (exact) mass is 1060 g/mol. The van der Waals surface area contributed by atoms with E-state index in [-0.39, 0.29) is 17.2 Å². The molecule has 5 aliphatic rings. The number of hydrogen-bond acceptors (Lipinski definition) is 15. The molecule has 0 amide bonds. The summed E-state index contributed by atoms with van der Waals surface area (Å²) in [5.41, 5.74) is 7.81. The van der Waals surface area contributed by atoms with Crippen LogP contribution >= 0.6 is 47.0 Å². The molecular weight excluding hydrogens is 995 g/mol. The van der Waals surface area contributed by atoms with E-state index < -0.39 is 0 Å². The van der Waals surface area contributed by atoms with Crippen LogP contribution in [0.5, 0.6) is 0 Å². The summed E-state index contributed by atoms with van der Waals surface area (Å²) < 4.78 is 21.9. The lowest BCUT2D eigenvalue weighted by Gasteiger charge is -2.31. The van der Waals surface area contributed by atoms with Crippen molar-refractivity contribution in [1.29, 1.82) is 0 Å². The number of nitrogens with zero attached hydrogens (tertiary/aromatic N) is 3. The third-order valence-electron chi connectivity index (χ3n) is 13.6. The van der Waals surface area contributed by atoms with E-state index in [1.165, 1.54) is 71.5 Å². The summed E-state index contributed by atoms with van der Waals surface area (Å²) in [6.45, 7) is 12.8. The molecule has 4 N–H and O–H groups in total. The highest BCUT2D eigenvalue weighted by atomic mass is 32.2. The topological polar surface area (TPSA) is 136 Å². The number of hydrogen-bond donors (Lipinski definition) is 4. The van der Waals surface area contributed by atoms with E-state index in [2.05, 4.69) is 127 Å². The van der Waals surface area contributed by atoms with Crippen LogP contribution in [0.15, 0.2) is 146 Å². The summed E-state index contributed by atoms with van der Waals surface area (Å²) in [6.07, 6.45) is 4.93. The van der Waals surface area contributed by atoms with E-state index >= 15 is 0 Å². The lowest BCUT2D eigenvalue weighted by Crippen LogP contribution is -2.41. The van der Waals surface area contributed by atoms with Gasteiger partial charge in [0, 0.05) is 138 Å². The maximum Gasteiger partial charge on any atom is 0.250 e. The standard InChI is InChI=1S/C30H36N4O3S2.C26H29N3O3S2/c1-36-20-22(19-33-10-3-2-4-11-33)31-21-8-9-26-28(16-21)38-27-7-5-6-24(30(27)39-26)25-17-23(18-29(35)32-25)34-12-14-37-15-13-34;1-3-17(16-31-2)27-18-7-8-22-24(13-18)33-23-6-4-5-20(26(23)34-22)21-14-19(15-25(30)28-21)29-9-11-32-12-10-29/h5-9,16-18,22,31H,2-4,10-15,19-20H2,1H3,(H,32,35);4-8,13-15,17,27H,3,9-12,16H2,1-2H3,(H,28,30). The Hall–Kier alpha value is -4.82. The zero-order valence-electron chi connectivity index (χ0n) is 41.8. The molecule has 2 atom stereocenters. The van der Waals surface area contributed by atoms with Crippen LogP contribution < -0.4 is 31.6 Å². The van der Waals surface area contributed by atoms with Gasteiger partial charge in [0.15, 0.2) is 0 Å². The van der Waals surface area contributed by atoms with E-state index in [0.29, 0.717) is 45.7 Å². The van der Waals surface area contributed by atoms with Crippen molar-refractivity contribution >= 4 is 69.8 Å². The van der Waals surface area contributed by atoms with Crippen LogP contribution in [0, 0.1) is 0 Å². The number of aromatic amines is 2. The van der Waals surface area contributed by atoms with E-state index in [0.717, 1.165) is 84.4 Å². The number of H-pyrrole nitrogens is 2. The van der Waals surface area contributed by atoms with Gasteiger partial charge in [-0.15, -0.1) is 0 Å². The van der Waals surface area contributed by atoms with Gasteiger partial charge in [0.25, 0.3) is 0 Å². The average Bonchev–Trinajstić information content (AvgIpc) is 3.42. The number of anilines is 4. The van der Waals surface area contributed by atoms with E-state index in [1.807, 2.05) is 0 Å². The first-order valence-electron chi connectivity index (χ1n) is 25.4. The summed E-state index contributed by atoms with van der Waals surface area (Å²) in [4.78, 5) is 48.1. The molecule has 2 aromatic heterocycles. The quantitative estimate of drug-likeness (QED) is 0.0775. The lowest BCUT2D eigenvalue weighted by molar-refractivity contribution is 0.122. The predicted molar refractivity (Wildman–Crippen MR) is 300 cm³/mol. The minimum atomic E-state index is -0.0808. The molecule has 13 nitrogen and oxygen atoms in total. The van der Waals surface area contributed by atoms with Crippen molar-refractivity contribution in [1.82, 2.24) is 14.9 Å². The second-order valence-corrected chi connectivity index (χ2v) is 23.1. The van der Waals surface area contributed by atoms with Gasteiger partial charge in [-0.25, -0.2) is 0 Å². The highest BCUT2D eigenvalue weighted by molar-refractivity contribution is 8.05. The van der Waals surface area contributed by atoms with E-state index in [4.69, 9.17) is 18.9 Å². The molecule has 17 heteroatoms. The second kappa shape index (κ2) is 24.7. The Morgan fingerprint density at radius 1 is 0.548 bits per heavy atom. The fourth-order valence-electron chi connectivity index (χ4n) is 9.89. The van der Waals surface area contributed by atoms with Crippen LogP contribution in [-0.2, 0) is 18.9 Å². The van der Waals surface area contributed by atoms with Crippen molar-refractivity contribution < 1.29 is 18.9 Å². The number of likely N-dealkylation sites (tertiary alicyclic amines) is 1. The van der Waals surface area contributed by atoms with Gasteiger partial charge in [0.2, 0.25) is 11.1 Å². The van der Waals surface area contributed by atoms with E-state index in [9.17, 15) is 9.59 Å². The van der Waals surface area contributed by atoms with Gasteiger partial charge < -0.3 is 54.2 Å². The normalized spacial score (nSPS) is 17.2. The van der Waals surface area contributed by atoms with E-state index in [1.54, 1.807) is 73.4 Å². The Morgan fingerprint density at radius 3 is 1.51 bits per heavy atom. The molecule has 0 radical (unpaired) electrons. The van der Waals surface area contributed by atoms with Gasteiger partial charge >= 0.3 is 0 Å². The van der Waals surface area contributed by atoms with Crippen LogP contribution in [0.25, 0.3) is 22.5 Å². The molecule has 3 fully saturated rings. The number of ether oxygens (including phenoxy) is 4. The fraction of sp³-hybridized carbons (Fsp3) is 0.393. The summed E-state index contributed by atoms with van der Waals surface area (Å²) in [7, 11) is 3.52. The smallest absolute Gasteiger partial charge is 0.250 e. The Bertz CT molecular complexity index is 2970. The first-order chi connectivity index (χ1) is 35.8. The molecule has 5 aliphatic heterocycles. The van der Waals surface area contributed by atoms with Crippen molar-refractivity contribution in [3.8, 4) is 22.5 Å². The summed E-state index contributed by atoms with van der Waals surface area (Å²) in [5.74, 6) is 0. The molecule has 7 heterocycles. The number of rotatable bonds is 15. The molecule has 6 aromatic rings. The minimum Gasteiger partial charge on any atom is -0.383 e. The van der Waals surface area contributed by atoms with Gasteiger partial charge in [-0.05, 0) is 93.0 Å². The third-order valence-corrected chi connectivity index (χ3v) is 18.8. The van der Waals surface area contributed by atoms with Crippen molar-refractivity contribution in [2.45, 2.75) is 83.9 Å². The molecule has 11 rings (SSSR count). The largest absolute Gasteiger partial charge is 0.383 e. The van der Waals surface area contributed by atoms with Gasteiger partial charge in [-0.2, -0.15) is 0 Å². The maximum absolute atomic E-state index is 12.6. The van der Waals surface area contributed by atoms with Gasteiger partial charge in [-0.3, -0.25) is 9.59 Å². The second-order valence-electron chi connectivity index (χ2n) is 18.8. The fourth-order valence-corrected chi connectivity index (χ4v) is 14.7. The third kappa shape index (κ3) is 12.8. The Morgan fingerprint density at radius 2 is 1.03 bits per heavy atom. The minimum absolute atomic E-state index is 0.0775. The number of aromatic nitrogens is 2. The number of fused-ring (bicyclic) bond motifs is 4. The summed E-state index contributed by atoms with van der Waals surface area (Å²) >= 11 is 7.12. The zero-order chi connectivity index (χ0) is 50.1. The number of nitrogens with one attached hydrogen (secondary N) is 4. The maximum atomic E-state index is 12.6. The number of benzene rings is 4. The van der Waals surface area contributed by atoms with Crippen LogP contribution in [0.2, 0.25) is 0 Å². The first kappa shape index (κ1) is 51.7. The highest BCUT2D eigenvalue weighted by Crippen LogP contribution is 2.53. The molecule has 73 heavy (non-hydrogen) atoms. The summed E-state index contributed by atoms with van der Waals surface area (Å²) in [5, 5.41) is 7.32.